The topological polar surface area (TPSA) is 114 Å². The summed E-state index contributed by atoms with van der Waals surface area (Å²) < 4.78 is 22.5. The average Bonchev–Trinajstić information content (AvgIpc) is 2.61. The van der Waals surface area contributed by atoms with Gasteiger partial charge in [0, 0.05) is 25.0 Å². The third-order valence-corrected chi connectivity index (χ3v) is 4.91. The van der Waals surface area contributed by atoms with E-state index in [0.29, 0.717) is 24.6 Å². The lowest BCUT2D eigenvalue weighted by Gasteiger charge is -2.13. The summed E-state index contributed by atoms with van der Waals surface area (Å²) in [6.45, 7) is 4.57. The fourth-order valence-electron chi connectivity index (χ4n) is 2.30. The molecule has 0 saturated heterocycles. The van der Waals surface area contributed by atoms with Crippen molar-refractivity contribution >= 4 is 21.6 Å². The van der Waals surface area contributed by atoms with Crippen LogP contribution in [0.1, 0.15) is 36.2 Å². The molecule has 1 aromatic heterocycles. The molecule has 2 aromatic rings. The van der Waals surface area contributed by atoms with Gasteiger partial charge in [-0.2, -0.15) is 0 Å². The molecule has 140 valence electrons. The smallest absolute Gasteiger partial charge is 0.252 e. The van der Waals surface area contributed by atoms with Gasteiger partial charge in [-0.25, -0.2) is 13.6 Å². The molecule has 4 N–H and O–H groups in total. The first kappa shape index (κ1) is 19.9. The van der Waals surface area contributed by atoms with Crippen LogP contribution >= 0.6 is 0 Å². The lowest BCUT2D eigenvalue weighted by atomic mass is 10.1. The maximum atomic E-state index is 12.3. The molecule has 0 fully saturated rings. The van der Waals surface area contributed by atoms with Crippen LogP contribution < -0.4 is 15.8 Å². The maximum absolute atomic E-state index is 12.3. The summed E-state index contributed by atoms with van der Waals surface area (Å²) in [5.74, 6) is -0.202. The van der Waals surface area contributed by atoms with Crippen LogP contribution in [0.15, 0.2) is 47.6 Å². The summed E-state index contributed by atoms with van der Waals surface area (Å²) in [6.07, 6.45) is 4.77. The largest absolute Gasteiger partial charge is 0.381 e. The fraction of sp³-hybridized carbons (Fsp3) is 0.333. The number of primary sulfonamides is 1. The van der Waals surface area contributed by atoms with Gasteiger partial charge in [-0.3, -0.25) is 9.78 Å². The summed E-state index contributed by atoms with van der Waals surface area (Å²) in [4.78, 5) is 16.4. The minimum Gasteiger partial charge on any atom is -0.381 e. The molecule has 0 aliphatic rings. The van der Waals surface area contributed by atoms with E-state index < -0.39 is 10.0 Å². The van der Waals surface area contributed by atoms with E-state index >= 15 is 0 Å². The number of aromatic nitrogens is 1. The summed E-state index contributed by atoms with van der Waals surface area (Å²) in [5, 5.41) is 11.2. The molecular weight excluding hydrogens is 352 g/mol. The minimum atomic E-state index is -3.69. The van der Waals surface area contributed by atoms with Crippen molar-refractivity contribution in [1.82, 2.24) is 10.3 Å². The molecule has 8 heteroatoms. The molecule has 7 nitrogen and oxygen atoms in total. The molecule has 0 aliphatic carbocycles. The summed E-state index contributed by atoms with van der Waals surface area (Å²) in [6, 6.07) is 8.36. The Balaban J connectivity index is 1.90. The van der Waals surface area contributed by atoms with E-state index in [0.717, 1.165) is 17.7 Å². The number of nitrogens with zero attached hydrogens (tertiary/aromatic N) is 1. The van der Waals surface area contributed by atoms with E-state index in [9.17, 15) is 13.2 Å². The highest BCUT2D eigenvalue weighted by molar-refractivity contribution is 7.89. The number of hydrogen-bond acceptors (Lipinski definition) is 5. The molecule has 1 atom stereocenters. The Morgan fingerprint density at radius 3 is 2.54 bits per heavy atom. The standard InChI is InChI=1S/C18H24N4O3S/c1-3-13(2)22-16-10-15(11-20-12-16)18(23)21-9-8-14-4-6-17(7-5-14)26(19,24)25/h4-7,10-13,22H,3,8-9H2,1-2H3,(H,21,23)(H2,19,24,25). The minimum absolute atomic E-state index is 0.0713. The van der Waals surface area contributed by atoms with Crippen molar-refractivity contribution in [2.75, 3.05) is 11.9 Å². The number of nitrogens with two attached hydrogens (primary N) is 1. The number of carbonyl (C=O) groups excluding carboxylic acids is 1. The van der Waals surface area contributed by atoms with Crippen LogP contribution in [0.3, 0.4) is 0 Å². The molecule has 1 heterocycles. The number of anilines is 1. The Hall–Kier alpha value is -2.45. The maximum Gasteiger partial charge on any atom is 0.252 e. The van der Waals surface area contributed by atoms with Crippen molar-refractivity contribution in [3.05, 3.63) is 53.9 Å². The van der Waals surface area contributed by atoms with Crippen molar-refractivity contribution in [2.24, 2.45) is 5.14 Å². The molecule has 1 unspecified atom stereocenters. The van der Waals surface area contributed by atoms with Gasteiger partial charge in [-0.05, 0) is 43.5 Å². The first-order chi connectivity index (χ1) is 12.3. The summed E-state index contributed by atoms with van der Waals surface area (Å²) in [5.41, 5.74) is 2.21. The van der Waals surface area contributed by atoms with Gasteiger partial charge < -0.3 is 10.6 Å². The lowest BCUT2D eigenvalue weighted by molar-refractivity contribution is 0.0954. The van der Waals surface area contributed by atoms with Gasteiger partial charge in [0.25, 0.3) is 5.91 Å². The Morgan fingerprint density at radius 1 is 1.23 bits per heavy atom. The van der Waals surface area contributed by atoms with Crippen LogP contribution in [0, 0.1) is 0 Å². The van der Waals surface area contributed by atoms with Gasteiger partial charge in [0.1, 0.15) is 0 Å². The lowest BCUT2D eigenvalue weighted by Crippen LogP contribution is -2.26. The van der Waals surface area contributed by atoms with Crippen molar-refractivity contribution in [2.45, 2.75) is 37.6 Å². The number of benzene rings is 1. The van der Waals surface area contributed by atoms with Crippen molar-refractivity contribution < 1.29 is 13.2 Å². The molecule has 0 spiro atoms. The molecule has 0 aliphatic heterocycles. The van der Waals surface area contributed by atoms with E-state index in [1.165, 1.54) is 18.3 Å². The SMILES string of the molecule is CCC(C)Nc1cncc(C(=O)NCCc2ccc(S(N)(=O)=O)cc2)c1. The van der Waals surface area contributed by atoms with Crippen LogP contribution in [-0.4, -0.2) is 31.9 Å². The number of hydrogen-bond donors (Lipinski definition) is 3. The second-order valence-corrected chi connectivity index (χ2v) is 7.67. The number of sulfonamides is 1. The predicted molar refractivity (Wildman–Crippen MR) is 101 cm³/mol. The zero-order valence-electron chi connectivity index (χ0n) is 14.9. The average molecular weight is 376 g/mol. The number of nitrogens with one attached hydrogen (secondary N) is 2. The first-order valence-electron chi connectivity index (χ1n) is 8.41. The summed E-state index contributed by atoms with van der Waals surface area (Å²) in [7, 11) is -3.69. The molecule has 0 bridgehead atoms. The van der Waals surface area contributed by atoms with Crippen LogP contribution in [-0.2, 0) is 16.4 Å². The monoisotopic (exact) mass is 376 g/mol. The molecule has 1 aromatic carbocycles. The zero-order valence-corrected chi connectivity index (χ0v) is 15.7. The van der Waals surface area contributed by atoms with Gasteiger partial charge >= 0.3 is 0 Å². The number of pyridine rings is 1. The van der Waals surface area contributed by atoms with Crippen LogP contribution in [0.25, 0.3) is 0 Å². The van der Waals surface area contributed by atoms with Crippen molar-refractivity contribution in [1.29, 1.82) is 0 Å². The van der Waals surface area contributed by atoms with Gasteiger partial charge in [0.15, 0.2) is 0 Å². The normalized spacial score (nSPS) is 12.4. The summed E-state index contributed by atoms with van der Waals surface area (Å²) >= 11 is 0. The van der Waals surface area contributed by atoms with E-state index in [2.05, 4.69) is 29.5 Å². The van der Waals surface area contributed by atoms with Crippen molar-refractivity contribution in [3.8, 4) is 0 Å². The molecule has 26 heavy (non-hydrogen) atoms. The van der Waals surface area contributed by atoms with Gasteiger partial charge in [-0.1, -0.05) is 19.1 Å². The second kappa shape index (κ2) is 8.77. The number of amides is 1. The Labute approximate surface area is 154 Å². The van der Waals surface area contributed by atoms with E-state index in [1.54, 1.807) is 24.4 Å². The second-order valence-electron chi connectivity index (χ2n) is 6.11. The zero-order chi connectivity index (χ0) is 19.2. The molecule has 0 radical (unpaired) electrons. The Bertz CT molecular complexity index is 851. The van der Waals surface area contributed by atoms with E-state index in [1.807, 2.05) is 0 Å². The first-order valence-corrected chi connectivity index (χ1v) is 9.95. The van der Waals surface area contributed by atoms with Crippen molar-refractivity contribution in [3.63, 3.8) is 0 Å². The van der Waals surface area contributed by atoms with Gasteiger partial charge in [0.05, 0.1) is 16.1 Å². The third kappa shape index (κ3) is 5.82. The van der Waals surface area contributed by atoms with Gasteiger partial charge in [-0.15, -0.1) is 0 Å². The van der Waals surface area contributed by atoms with Crippen LogP contribution in [0.2, 0.25) is 0 Å². The third-order valence-electron chi connectivity index (χ3n) is 3.98. The molecule has 0 saturated carbocycles. The Kier molecular flexibility index (Phi) is 6.70. The highest BCUT2D eigenvalue weighted by Crippen LogP contribution is 2.11. The molecule has 1 amide bonds. The van der Waals surface area contributed by atoms with E-state index in [-0.39, 0.29) is 10.8 Å². The number of rotatable bonds is 8. The van der Waals surface area contributed by atoms with Crippen LogP contribution in [0.4, 0.5) is 5.69 Å². The fourth-order valence-corrected chi connectivity index (χ4v) is 2.81. The highest BCUT2D eigenvalue weighted by atomic mass is 32.2. The highest BCUT2D eigenvalue weighted by Gasteiger charge is 2.09. The van der Waals surface area contributed by atoms with Gasteiger partial charge in [0.2, 0.25) is 10.0 Å². The number of carbonyl (C=O) groups is 1. The van der Waals surface area contributed by atoms with Crippen LogP contribution in [0.5, 0.6) is 0 Å². The van der Waals surface area contributed by atoms with E-state index in [4.69, 9.17) is 5.14 Å². The quantitative estimate of drug-likeness (QED) is 0.651. The Morgan fingerprint density at radius 2 is 1.92 bits per heavy atom. The predicted octanol–water partition coefficient (Wildman–Crippen LogP) is 1.91. The molecular formula is C18H24N4O3S. The molecule has 2 rings (SSSR count).